The first-order valence-corrected chi connectivity index (χ1v) is 11.7. The van der Waals surface area contributed by atoms with Crippen LogP contribution in [-0.4, -0.2) is 52.2 Å². The van der Waals surface area contributed by atoms with E-state index in [1.807, 2.05) is 30.3 Å². The molecule has 1 aliphatic heterocycles. The molecule has 2 aromatic heterocycles. The number of hydrogen-bond donors (Lipinski definition) is 1. The van der Waals surface area contributed by atoms with Crippen molar-refractivity contribution in [1.29, 1.82) is 0 Å². The van der Waals surface area contributed by atoms with Gasteiger partial charge in [0, 0.05) is 32.4 Å². The van der Waals surface area contributed by atoms with E-state index in [1.165, 1.54) is 19.3 Å². The summed E-state index contributed by atoms with van der Waals surface area (Å²) < 4.78 is 0. The first-order chi connectivity index (χ1) is 15.2. The molecule has 0 spiro atoms. The molecule has 7 heteroatoms. The van der Waals surface area contributed by atoms with Gasteiger partial charge >= 0.3 is 0 Å². The molecule has 0 unspecified atom stereocenters. The largest absolute Gasteiger partial charge is 0.352 e. The minimum atomic E-state index is -0.0322. The molecule has 0 atom stereocenters. The minimum absolute atomic E-state index is 0.0322. The van der Waals surface area contributed by atoms with E-state index in [0.717, 1.165) is 74.8 Å². The molecule has 3 heterocycles. The van der Waals surface area contributed by atoms with Gasteiger partial charge in [-0.25, -0.2) is 4.98 Å². The molecular weight excluding hydrogens is 388 g/mol. The van der Waals surface area contributed by atoms with Crippen molar-refractivity contribution in [1.82, 2.24) is 20.1 Å². The van der Waals surface area contributed by atoms with Crippen molar-refractivity contribution in [2.24, 2.45) is 23.2 Å². The maximum absolute atomic E-state index is 13.6. The zero-order valence-electron chi connectivity index (χ0n) is 17.9. The molecule has 0 aromatic carbocycles. The molecule has 7 nitrogen and oxygen atoms in total. The predicted octanol–water partition coefficient (Wildman–Crippen LogP) is 3.48. The highest BCUT2D eigenvalue weighted by atomic mass is 16.2. The van der Waals surface area contributed by atoms with Crippen LogP contribution >= 0.6 is 0 Å². The van der Waals surface area contributed by atoms with Gasteiger partial charge in [0.1, 0.15) is 5.82 Å². The number of hydrogen-bond acceptors (Lipinski definition) is 6. The molecule has 4 saturated carbocycles. The molecule has 7 rings (SSSR count). The lowest BCUT2D eigenvalue weighted by Crippen LogP contribution is -2.58. The van der Waals surface area contributed by atoms with Gasteiger partial charge in [-0.2, -0.15) is 0 Å². The highest BCUT2D eigenvalue weighted by Gasteiger charge is 2.55. The van der Waals surface area contributed by atoms with Crippen LogP contribution in [0.1, 0.15) is 38.5 Å². The molecule has 4 bridgehead atoms. The van der Waals surface area contributed by atoms with E-state index in [9.17, 15) is 4.79 Å². The summed E-state index contributed by atoms with van der Waals surface area (Å²) in [5.41, 5.74) is -0.0322. The Labute approximate surface area is 183 Å². The quantitative estimate of drug-likeness (QED) is 0.819. The van der Waals surface area contributed by atoms with Crippen molar-refractivity contribution >= 4 is 23.4 Å². The highest BCUT2D eigenvalue weighted by molar-refractivity contribution is 5.83. The Balaban J connectivity index is 1.07. The fourth-order valence-corrected chi connectivity index (χ4v) is 6.98. The third-order valence-corrected chi connectivity index (χ3v) is 7.95. The Bertz CT molecular complexity index is 903. The van der Waals surface area contributed by atoms with Gasteiger partial charge in [0.2, 0.25) is 5.91 Å². The van der Waals surface area contributed by atoms with E-state index >= 15 is 0 Å². The Kier molecular flexibility index (Phi) is 4.58. The van der Waals surface area contributed by atoms with E-state index in [-0.39, 0.29) is 5.41 Å². The third-order valence-electron chi connectivity index (χ3n) is 7.95. The molecule has 1 saturated heterocycles. The number of nitrogens with one attached hydrogen (secondary N) is 1. The van der Waals surface area contributed by atoms with Crippen molar-refractivity contribution in [3.05, 3.63) is 36.5 Å². The summed E-state index contributed by atoms with van der Waals surface area (Å²) in [5.74, 6) is 5.18. The van der Waals surface area contributed by atoms with Crippen LogP contribution < -0.4 is 10.2 Å². The van der Waals surface area contributed by atoms with Gasteiger partial charge in [0.25, 0.3) is 0 Å². The second-order valence-corrected chi connectivity index (χ2v) is 10.1. The Morgan fingerprint density at radius 1 is 0.871 bits per heavy atom. The first kappa shape index (κ1) is 19.0. The molecule has 1 N–H and O–H groups in total. The van der Waals surface area contributed by atoms with E-state index in [4.69, 9.17) is 0 Å². The number of aromatic nitrogens is 3. The van der Waals surface area contributed by atoms with Crippen LogP contribution in [0.4, 0.5) is 17.5 Å². The molecular formula is C24H30N6O. The lowest BCUT2D eigenvalue weighted by molar-refractivity contribution is -0.158. The summed E-state index contributed by atoms with van der Waals surface area (Å²) in [6, 6.07) is 9.64. The van der Waals surface area contributed by atoms with E-state index in [0.29, 0.717) is 11.7 Å². The van der Waals surface area contributed by atoms with E-state index < -0.39 is 0 Å². The van der Waals surface area contributed by atoms with Gasteiger partial charge in [-0.1, -0.05) is 6.07 Å². The van der Waals surface area contributed by atoms with Gasteiger partial charge in [0.15, 0.2) is 11.6 Å². The van der Waals surface area contributed by atoms with E-state index in [2.05, 4.69) is 30.3 Å². The van der Waals surface area contributed by atoms with Crippen molar-refractivity contribution in [2.45, 2.75) is 38.5 Å². The normalized spacial score (nSPS) is 31.7. The summed E-state index contributed by atoms with van der Waals surface area (Å²) in [6.07, 6.45) is 9.32. The lowest BCUT2D eigenvalue weighted by atomic mass is 9.49. The predicted molar refractivity (Wildman–Crippen MR) is 119 cm³/mol. The van der Waals surface area contributed by atoms with Crippen molar-refractivity contribution < 1.29 is 4.79 Å². The molecule has 5 fully saturated rings. The standard InChI is InChI=1S/C24H30N6O/c31-23(24-14-17-11-18(15-24)13-19(12-17)16-24)30-9-7-29(8-10-30)22-5-4-21(27-28-22)26-20-3-1-2-6-25-20/h1-6,17-19H,7-16H2,(H,25,26,27). The summed E-state index contributed by atoms with van der Waals surface area (Å²) >= 11 is 0. The SMILES string of the molecule is O=C(N1CCN(c2ccc(Nc3ccccn3)nn2)CC1)C12CC3CC(CC(C3)C1)C2. The number of anilines is 3. The van der Waals surface area contributed by atoms with Gasteiger partial charge in [0.05, 0.1) is 5.41 Å². The fourth-order valence-electron chi connectivity index (χ4n) is 6.98. The van der Waals surface area contributed by atoms with Crippen molar-refractivity contribution in [2.75, 3.05) is 36.4 Å². The van der Waals surface area contributed by atoms with Crippen LogP contribution in [0.5, 0.6) is 0 Å². The fraction of sp³-hybridized carbons (Fsp3) is 0.583. The number of carbonyl (C=O) groups excluding carboxylic acids is 1. The van der Waals surface area contributed by atoms with Crippen LogP contribution in [0.3, 0.4) is 0 Å². The molecule has 162 valence electrons. The summed E-state index contributed by atoms with van der Waals surface area (Å²) in [7, 11) is 0. The number of carbonyl (C=O) groups is 1. The van der Waals surface area contributed by atoms with Crippen molar-refractivity contribution in [3.8, 4) is 0 Å². The first-order valence-electron chi connectivity index (χ1n) is 11.7. The minimum Gasteiger partial charge on any atom is -0.352 e. The molecule has 5 aliphatic rings. The van der Waals surface area contributed by atoms with Crippen LogP contribution in [-0.2, 0) is 4.79 Å². The zero-order valence-corrected chi connectivity index (χ0v) is 17.9. The summed E-state index contributed by atoms with van der Waals surface area (Å²) in [6.45, 7) is 3.21. The second kappa shape index (κ2) is 7.46. The number of piperazine rings is 1. The van der Waals surface area contributed by atoms with Crippen LogP contribution in [0, 0.1) is 23.2 Å². The van der Waals surface area contributed by atoms with Gasteiger partial charge < -0.3 is 15.1 Å². The smallest absolute Gasteiger partial charge is 0.228 e. The van der Waals surface area contributed by atoms with E-state index in [1.54, 1.807) is 6.20 Å². The molecule has 31 heavy (non-hydrogen) atoms. The van der Waals surface area contributed by atoms with Crippen LogP contribution in [0.2, 0.25) is 0 Å². The maximum Gasteiger partial charge on any atom is 0.228 e. The molecule has 1 amide bonds. The third kappa shape index (κ3) is 3.54. The van der Waals surface area contributed by atoms with Crippen LogP contribution in [0.15, 0.2) is 36.5 Å². The average Bonchev–Trinajstić information content (AvgIpc) is 2.79. The van der Waals surface area contributed by atoms with Gasteiger partial charge in [-0.3, -0.25) is 4.79 Å². The van der Waals surface area contributed by atoms with Crippen molar-refractivity contribution in [3.63, 3.8) is 0 Å². The number of amides is 1. The van der Waals surface area contributed by atoms with Gasteiger partial charge in [-0.15, -0.1) is 10.2 Å². The van der Waals surface area contributed by atoms with Crippen LogP contribution in [0.25, 0.3) is 0 Å². The highest BCUT2D eigenvalue weighted by Crippen LogP contribution is 2.60. The number of rotatable bonds is 4. The second-order valence-electron chi connectivity index (χ2n) is 10.1. The van der Waals surface area contributed by atoms with Gasteiger partial charge in [-0.05, 0) is 80.5 Å². The topological polar surface area (TPSA) is 74.2 Å². The zero-order chi connectivity index (χ0) is 20.8. The monoisotopic (exact) mass is 418 g/mol. The Morgan fingerprint density at radius 3 is 2.16 bits per heavy atom. The number of pyridine rings is 1. The summed E-state index contributed by atoms with van der Waals surface area (Å²) in [4.78, 5) is 22.2. The Morgan fingerprint density at radius 2 is 1.58 bits per heavy atom. The Hall–Kier alpha value is -2.70. The average molecular weight is 419 g/mol. The molecule has 4 aliphatic carbocycles. The number of nitrogens with zero attached hydrogens (tertiary/aromatic N) is 5. The molecule has 2 aromatic rings. The summed E-state index contributed by atoms with van der Waals surface area (Å²) in [5, 5.41) is 11.9. The lowest BCUT2D eigenvalue weighted by Gasteiger charge is -2.57. The maximum atomic E-state index is 13.6. The molecule has 0 radical (unpaired) electrons.